The van der Waals surface area contributed by atoms with Gasteiger partial charge in [-0.2, -0.15) is 0 Å². The molecule has 35 heavy (non-hydrogen) atoms. The molecule has 1 fully saturated rings. The van der Waals surface area contributed by atoms with Crippen LogP contribution in [0.1, 0.15) is 44.6 Å². The fourth-order valence-electron chi connectivity index (χ4n) is 4.61. The highest BCUT2D eigenvalue weighted by atomic mass is 16.5. The molecular weight excluding hydrogens is 444 g/mol. The second kappa shape index (κ2) is 10.5. The van der Waals surface area contributed by atoms with Crippen molar-refractivity contribution in [1.82, 2.24) is 25.1 Å². The number of nitrogens with zero attached hydrogens (tertiary/aromatic N) is 6. The number of benzene rings is 2. The van der Waals surface area contributed by atoms with Crippen LogP contribution in [-0.2, 0) is 5.54 Å². The molecule has 188 valence electrons. The molecule has 0 bridgehead atoms. The molecule has 2 aromatic carbocycles. The Morgan fingerprint density at radius 3 is 2.09 bits per heavy atom. The lowest BCUT2D eigenvalue weighted by Crippen LogP contribution is -2.48. The predicted octanol–water partition coefficient (Wildman–Crippen LogP) is 3.76. The zero-order chi connectivity index (χ0) is 25.0. The highest BCUT2D eigenvalue weighted by molar-refractivity contribution is 5.55. The summed E-state index contributed by atoms with van der Waals surface area (Å²) in [4.78, 5) is 4.86. The summed E-state index contributed by atoms with van der Waals surface area (Å²) in [5, 5.41) is 13.1. The van der Waals surface area contributed by atoms with E-state index in [0.717, 1.165) is 44.0 Å². The third kappa shape index (κ3) is 4.91. The Hall–Kier alpha value is -3.33. The number of tetrazole rings is 1. The van der Waals surface area contributed by atoms with Crippen molar-refractivity contribution < 1.29 is 14.2 Å². The van der Waals surface area contributed by atoms with Crippen molar-refractivity contribution >= 4 is 5.69 Å². The van der Waals surface area contributed by atoms with Gasteiger partial charge in [-0.3, -0.25) is 4.90 Å². The highest BCUT2D eigenvalue weighted by Crippen LogP contribution is 2.42. The lowest BCUT2D eigenvalue weighted by molar-refractivity contribution is 0.186. The first-order chi connectivity index (χ1) is 16.9. The van der Waals surface area contributed by atoms with E-state index < -0.39 is 0 Å². The first kappa shape index (κ1) is 24.8. The minimum absolute atomic E-state index is 0.178. The van der Waals surface area contributed by atoms with Gasteiger partial charge >= 0.3 is 0 Å². The van der Waals surface area contributed by atoms with Crippen LogP contribution in [-0.4, -0.2) is 72.6 Å². The van der Waals surface area contributed by atoms with Gasteiger partial charge in [-0.15, -0.1) is 5.10 Å². The van der Waals surface area contributed by atoms with Gasteiger partial charge in [0.25, 0.3) is 0 Å². The molecule has 0 N–H and O–H groups in total. The summed E-state index contributed by atoms with van der Waals surface area (Å²) in [6, 6.07) is 14.4. The average Bonchev–Trinajstić information content (AvgIpc) is 3.39. The van der Waals surface area contributed by atoms with E-state index in [1.165, 1.54) is 5.69 Å². The quantitative estimate of drug-likeness (QED) is 0.458. The summed E-state index contributed by atoms with van der Waals surface area (Å²) in [6.07, 6.45) is 0.898. The summed E-state index contributed by atoms with van der Waals surface area (Å²) < 4.78 is 18.9. The maximum atomic E-state index is 5.68. The Balaban J connectivity index is 1.76. The molecule has 0 radical (unpaired) electrons. The van der Waals surface area contributed by atoms with Crippen LogP contribution in [0.25, 0.3) is 0 Å². The lowest BCUT2D eigenvalue weighted by atomic mass is 9.98. The van der Waals surface area contributed by atoms with E-state index in [9.17, 15) is 0 Å². The molecule has 1 aliphatic heterocycles. The average molecular weight is 481 g/mol. The summed E-state index contributed by atoms with van der Waals surface area (Å²) in [6.45, 7) is 10.00. The van der Waals surface area contributed by atoms with Crippen molar-refractivity contribution in [3.05, 3.63) is 53.9 Å². The fraction of sp³-hybridized carbons (Fsp3) is 0.500. The van der Waals surface area contributed by atoms with Crippen LogP contribution >= 0.6 is 0 Å². The van der Waals surface area contributed by atoms with Crippen molar-refractivity contribution in [2.24, 2.45) is 0 Å². The maximum Gasteiger partial charge on any atom is 0.203 e. The predicted molar refractivity (Wildman–Crippen MR) is 136 cm³/mol. The van der Waals surface area contributed by atoms with Gasteiger partial charge in [0.15, 0.2) is 17.3 Å². The molecule has 0 amide bonds. The molecule has 9 nitrogen and oxygen atoms in total. The smallest absolute Gasteiger partial charge is 0.203 e. The molecule has 9 heteroatoms. The van der Waals surface area contributed by atoms with Gasteiger partial charge < -0.3 is 19.1 Å². The largest absolute Gasteiger partial charge is 0.493 e. The minimum Gasteiger partial charge on any atom is -0.493 e. The molecule has 3 aromatic rings. The van der Waals surface area contributed by atoms with Crippen LogP contribution in [0, 0.1) is 0 Å². The molecule has 1 aliphatic rings. The Kier molecular flexibility index (Phi) is 7.45. The fourth-order valence-corrected chi connectivity index (χ4v) is 4.61. The Labute approximate surface area is 207 Å². The van der Waals surface area contributed by atoms with Gasteiger partial charge in [0.05, 0.1) is 32.9 Å². The molecule has 4 rings (SSSR count). The number of anilines is 1. The number of aromatic nitrogens is 4. The molecule has 0 saturated carbocycles. The SMILES string of the molecule is CCC(C)(C)n1nnnc1[C@H](c1cc(OC)c(OC)c(OC)c1)N1CCN(c2ccccc2)CC1. The van der Waals surface area contributed by atoms with Crippen LogP contribution in [0.4, 0.5) is 5.69 Å². The molecule has 0 unspecified atom stereocenters. The maximum absolute atomic E-state index is 5.68. The zero-order valence-electron chi connectivity index (χ0n) is 21.6. The molecule has 1 saturated heterocycles. The topological polar surface area (TPSA) is 77.8 Å². The summed E-state index contributed by atoms with van der Waals surface area (Å²) in [7, 11) is 4.89. The van der Waals surface area contributed by atoms with E-state index in [2.05, 4.69) is 76.4 Å². The minimum atomic E-state index is -0.233. The van der Waals surface area contributed by atoms with Crippen LogP contribution in [0.15, 0.2) is 42.5 Å². The van der Waals surface area contributed by atoms with Crippen LogP contribution in [0.3, 0.4) is 0 Å². The van der Waals surface area contributed by atoms with Crippen molar-refractivity contribution in [3.63, 3.8) is 0 Å². The number of rotatable bonds is 9. The monoisotopic (exact) mass is 480 g/mol. The normalized spacial score (nSPS) is 15.7. The molecule has 2 heterocycles. The number of hydrogen-bond acceptors (Lipinski definition) is 8. The van der Waals surface area contributed by atoms with Crippen LogP contribution < -0.4 is 19.1 Å². The summed E-state index contributed by atoms with van der Waals surface area (Å²) in [5.74, 6) is 2.60. The van der Waals surface area contributed by atoms with Crippen molar-refractivity contribution in [1.29, 1.82) is 0 Å². The van der Waals surface area contributed by atoms with E-state index in [1.54, 1.807) is 21.3 Å². The summed E-state index contributed by atoms with van der Waals surface area (Å²) >= 11 is 0. The molecule has 0 aliphatic carbocycles. The number of para-hydroxylation sites is 1. The molecule has 0 spiro atoms. The van der Waals surface area contributed by atoms with Gasteiger partial charge in [-0.25, -0.2) is 4.68 Å². The number of hydrogen-bond donors (Lipinski definition) is 0. The van der Waals surface area contributed by atoms with E-state index in [1.807, 2.05) is 16.8 Å². The Morgan fingerprint density at radius 2 is 1.54 bits per heavy atom. The standard InChI is InChI=1S/C26H36N6O3/c1-7-26(2,3)32-25(27-28-29-32)23(19-17-21(33-4)24(35-6)22(18-19)34-5)31-15-13-30(14-16-31)20-11-9-8-10-12-20/h8-12,17-18,23H,7,13-16H2,1-6H3/t23-/m0/s1. The van der Waals surface area contributed by atoms with E-state index in [4.69, 9.17) is 14.2 Å². The first-order valence-corrected chi connectivity index (χ1v) is 12.1. The second-order valence-electron chi connectivity index (χ2n) is 9.33. The molecular formula is C26H36N6O3. The van der Waals surface area contributed by atoms with Gasteiger partial charge in [0.1, 0.15) is 0 Å². The van der Waals surface area contributed by atoms with Crippen molar-refractivity contribution in [2.75, 3.05) is 52.4 Å². The second-order valence-corrected chi connectivity index (χ2v) is 9.33. The van der Waals surface area contributed by atoms with Gasteiger partial charge in [0, 0.05) is 31.9 Å². The third-order valence-electron chi connectivity index (χ3n) is 6.98. The highest BCUT2D eigenvalue weighted by Gasteiger charge is 2.35. The number of piperazine rings is 1. The Morgan fingerprint density at radius 1 is 0.914 bits per heavy atom. The van der Waals surface area contributed by atoms with E-state index >= 15 is 0 Å². The summed E-state index contributed by atoms with van der Waals surface area (Å²) in [5.41, 5.74) is 2.01. The zero-order valence-corrected chi connectivity index (χ0v) is 21.6. The van der Waals surface area contributed by atoms with E-state index in [-0.39, 0.29) is 11.6 Å². The molecule has 1 aromatic heterocycles. The number of methoxy groups -OCH3 is 3. The van der Waals surface area contributed by atoms with Gasteiger partial charge in [-0.1, -0.05) is 25.1 Å². The molecule has 1 atom stereocenters. The van der Waals surface area contributed by atoms with Crippen molar-refractivity contribution in [2.45, 2.75) is 38.8 Å². The first-order valence-electron chi connectivity index (χ1n) is 12.1. The van der Waals surface area contributed by atoms with E-state index in [0.29, 0.717) is 17.2 Å². The van der Waals surface area contributed by atoms with Crippen LogP contribution in [0.5, 0.6) is 17.2 Å². The third-order valence-corrected chi connectivity index (χ3v) is 6.98. The van der Waals surface area contributed by atoms with Crippen LogP contribution in [0.2, 0.25) is 0 Å². The van der Waals surface area contributed by atoms with Crippen molar-refractivity contribution in [3.8, 4) is 17.2 Å². The van der Waals surface area contributed by atoms with Gasteiger partial charge in [0.2, 0.25) is 5.75 Å². The Bertz CT molecular complexity index is 1080. The lowest BCUT2D eigenvalue weighted by Gasteiger charge is -2.40. The number of ether oxygens (including phenoxy) is 3. The van der Waals surface area contributed by atoms with Gasteiger partial charge in [-0.05, 0) is 60.5 Å².